The number of hydrogen-bond donors (Lipinski definition) is 1. The van der Waals surface area contributed by atoms with Crippen molar-refractivity contribution >= 4 is 27.4 Å². The van der Waals surface area contributed by atoms with Crippen LogP contribution in [0.3, 0.4) is 0 Å². The molecule has 1 aromatic rings. The third kappa shape index (κ3) is 2.69. The predicted molar refractivity (Wildman–Crippen MR) is 82.2 cm³/mol. The van der Waals surface area contributed by atoms with Crippen LogP contribution in [0.15, 0.2) is 30.3 Å². The topological polar surface area (TPSA) is 71.4 Å². The first-order valence-electron chi connectivity index (χ1n) is 6.94. The minimum atomic E-state index is -3.90. The molecular weight excluding hydrogens is 312 g/mol. The Morgan fingerprint density at radius 2 is 1.81 bits per heavy atom. The molecule has 2 rings (SSSR count). The summed E-state index contributed by atoms with van der Waals surface area (Å²) in [5.41, 5.74) is 0.289. The fourth-order valence-corrected chi connectivity index (χ4v) is 5.63. The Labute approximate surface area is 130 Å². The van der Waals surface area contributed by atoms with Crippen LogP contribution in [0, 0.1) is 5.92 Å². The van der Waals surface area contributed by atoms with Crippen LogP contribution >= 0.6 is 11.6 Å². The van der Waals surface area contributed by atoms with E-state index in [0.717, 1.165) is 19.1 Å². The molecule has 0 radical (unpaired) electrons. The van der Waals surface area contributed by atoms with Gasteiger partial charge in [0.2, 0.25) is 0 Å². The Kier molecular flexibility index (Phi) is 4.63. The monoisotopic (exact) mass is 330 g/mol. The zero-order valence-corrected chi connectivity index (χ0v) is 13.4. The maximum Gasteiger partial charge on any atom is 0.329 e. The Bertz CT molecular complexity index is 614. The minimum absolute atomic E-state index is 0.289. The maximum atomic E-state index is 12.5. The number of halogens is 1. The summed E-state index contributed by atoms with van der Waals surface area (Å²) in [5, 5.41) is 9.39. The van der Waals surface area contributed by atoms with Crippen LogP contribution in [-0.4, -0.2) is 31.1 Å². The molecule has 1 N–H and O–H groups in total. The van der Waals surface area contributed by atoms with Gasteiger partial charge in [-0.1, -0.05) is 43.2 Å². The smallest absolute Gasteiger partial charge is 0.329 e. The van der Waals surface area contributed by atoms with Crippen molar-refractivity contribution in [3.8, 4) is 0 Å². The number of rotatable bonds is 4. The van der Waals surface area contributed by atoms with Crippen LogP contribution in [0.2, 0.25) is 0 Å². The van der Waals surface area contributed by atoms with Crippen molar-refractivity contribution in [2.75, 3.05) is 6.26 Å². The van der Waals surface area contributed by atoms with E-state index in [4.69, 9.17) is 11.6 Å². The van der Waals surface area contributed by atoms with Crippen molar-refractivity contribution in [2.45, 2.75) is 35.8 Å². The molecule has 21 heavy (non-hydrogen) atoms. The SMILES string of the molecule is CS(=O)(=O)C(C(=O)O)(c1ccccc1)C1CCCCC1Cl. The molecule has 3 atom stereocenters. The molecule has 4 nitrogen and oxygen atoms in total. The summed E-state index contributed by atoms with van der Waals surface area (Å²) in [6.45, 7) is 0. The van der Waals surface area contributed by atoms with Crippen LogP contribution in [0.25, 0.3) is 0 Å². The molecule has 0 aromatic heterocycles. The highest BCUT2D eigenvalue weighted by Gasteiger charge is 2.58. The van der Waals surface area contributed by atoms with Crippen molar-refractivity contribution in [3.05, 3.63) is 35.9 Å². The van der Waals surface area contributed by atoms with Gasteiger partial charge in [0.25, 0.3) is 0 Å². The molecule has 1 aliphatic carbocycles. The molecule has 1 aromatic carbocycles. The highest BCUT2D eigenvalue weighted by molar-refractivity contribution is 7.92. The van der Waals surface area contributed by atoms with E-state index in [1.54, 1.807) is 30.3 Å². The standard InChI is InChI=1S/C15H19ClO4S/c1-21(19,20)15(14(17)18,11-7-3-2-4-8-11)12-9-5-6-10-13(12)16/h2-4,7-8,12-13H,5-6,9-10H2,1H3,(H,17,18). The van der Waals surface area contributed by atoms with E-state index in [9.17, 15) is 18.3 Å². The zero-order valence-electron chi connectivity index (χ0n) is 11.8. The van der Waals surface area contributed by atoms with E-state index in [1.807, 2.05) is 0 Å². The Morgan fingerprint density at radius 1 is 1.24 bits per heavy atom. The second-order valence-corrected chi connectivity index (χ2v) is 8.33. The number of benzene rings is 1. The first kappa shape index (κ1) is 16.3. The lowest BCUT2D eigenvalue weighted by Gasteiger charge is -2.40. The van der Waals surface area contributed by atoms with Gasteiger partial charge in [0.1, 0.15) is 0 Å². The third-order valence-corrected chi connectivity index (χ3v) is 6.71. The maximum absolute atomic E-state index is 12.5. The predicted octanol–water partition coefficient (Wildman–Crippen LogP) is 2.81. The van der Waals surface area contributed by atoms with Gasteiger partial charge in [-0.2, -0.15) is 0 Å². The van der Waals surface area contributed by atoms with Gasteiger partial charge < -0.3 is 5.11 Å². The molecular formula is C15H19ClO4S. The molecule has 0 spiro atoms. The molecule has 1 saturated carbocycles. The van der Waals surface area contributed by atoms with Gasteiger partial charge in [-0.15, -0.1) is 11.6 Å². The van der Waals surface area contributed by atoms with E-state index in [2.05, 4.69) is 0 Å². The summed E-state index contributed by atoms with van der Waals surface area (Å²) < 4.78 is 23.0. The quantitative estimate of drug-likeness (QED) is 0.862. The number of carboxylic acid groups (broad SMARTS) is 1. The molecule has 0 bridgehead atoms. The van der Waals surface area contributed by atoms with Gasteiger partial charge in [-0.3, -0.25) is 4.79 Å². The van der Waals surface area contributed by atoms with Crippen molar-refractivity contribution in [1.82, 2.24) is 0 Å². The second-order valence-electron chi connectivity index (χ2n) is 5.59. The van der Waals surface area contributed by atoms with Gasteiger partial charge in [-0.05, 0) is 18.4 Å². The van der Waals surface area contributed by atoms with Crippen molar-refractivity contribution < 1.29 is 18.3 Å². The number of carboxylic acids is 1. The molecule has 0 saturated heterocycles. The Hall–Kier alpha value is -1.07. The highest BCUT2D eigenvalue weighted by Crippen LogP contribution is 2.46. The number of alkyl halides is 1. The van der Waals surface area contributed by atoms with Crippen LogP contribution < -0.4 is 0 Å². The average Bonchev–Trinajstić information content (AvgIpc) is 2.41. The van der Waals surface area contributed by atoms with Crippen molar-refractivity contribution in [1.29, 1.82) is 0 Å². The van der Waals surface area contributed by atoms with E-state index >= 15 is 0 Å². The average molecular weight is 331 g/mol. The summed E-state index contributed by atoms with van der Waals surface area (Å²) >= 11 is 6.34. The van der Waals surface area contributed by atoms with E-state index < -0.39 is 31.8 Å². The fourth-order valence-electron chi connectivity index (χ4n) is 3.37. The third-order valence-electron chi connectivity index (χ3n) is 4.31. The van der Waals surface area contributed by atoms with Crippen LogP contribution in [-0.2, 0) is 19.4 Å². The molecule has 0 heterocycles. The summed E-state index contributed by atoms with van der Waals surface area (Å²) in [6, 6.07) is 8.17. The van der Waals surface area contributed by atoms with Gasteiger partial charge in [-0.25, -0.2) is 8.42 Å². The molecule has 1 fully saturated rings. The second kappa shape index (κ2) is 5.97. The van der Waals surface area contributed by atoms with Crippen LogP contribution in [0.4, 0.5) is 0 Å². The van der Waals surface area contributed by atoms with Crippen LogP contribution in [0.1, 0.15) is 31.2 Å². The largest absolute Gasteiger partial charge is 0.480 e. The van der Waals surface area contributed by atoms with Crippen molar-refractivity contribution in [3.63, 3.8) is 0 Å². The first-order chi connectivity index (χ1) is 9.81. The number of aliphatic carboxylic acids is 1. The molecule has 1 aliphatic rings. The molecule has 0 amide bonds. The minimum Gasteiger partial charge on any atom is -0.480 e. The van der Waals surface area contributed by atoms with Gasteiger partial charge in [0, 0.05) is 17.6 Å². The fraction of sp³-hybridized carbons (Fsp3) is 0.533. The summed E-state index contributed by atoms with van der Waals surface area (Å²) in [6.07, 6.45) is 3.84. The molecule has 6 heteroatoms. The van der Waals surface area contributed by atoms with Gasteiger partial charge in [0.15, 0.2) is 14.6 Å². The summed E-state index contributed by atoms with van der Waals surface area (Å²) in [4.78, 5) is 12.1. The van der Waals surface area contributed by atoms with E-state index in [1.165, 1.54) is 0 Å². The van der Waals surface area contributed by atoms with Gasteiger partial charge >= 0.3 is 5.97 Å². The number of sulfone groups is 1. The normalized spacial score (nSPS) is 26.0. The molecule has 0 aliphatic heterocycles. The highest BCUT2D eigenvalue weighted by atomic mass is 35.5. The zero-order chi connectivity index (χ0) is 15.7. The molecule has 3 unspecified atom stereocenters. The van der Waals surface area contributed by atoms with Gasteiger partial charge in [0.05, 0.1) is 0 Å². The van der Waals surface area contributed by atoms with Crippen molar-refractivity contribution in [2.24, 2.45) is 5.92 Å². The number of carbonyl (C=O) groups is 1. The van der Waals surface area contributed by atoms with Crippen LogP contribution in [0.5, 0.6) is 0 Å². The Balaban J connectivity index is 2.71. The number of hydrogen-bond acceptors (Lipinski definition) is 3. The first-order valence-corrected chi connectivity index (χ1v) is 9.27. The molecule has 116 valence electrons. The van der Waals surface area contributed by atoms with E-state index in [0.29, 0.717) is 12.8 Å². The summed E-state index contributed by atoms with van der Waals surface area (Å²) in [5.74, 6) is -1.96. The lowest BCUT2D eigenvalue weighted by Crippen LogP contribution is -2.53. The summed E-state index contributed by atoms with van der Waals surface area (Å²) in [7, 11) is -3.90. The van der Waals surface area contributed by atoms with E-state index in [-0.39, 0.29) is 5.56 Å². The lowest BCUT2D eigenvalue weighted by molar-refractivity contribution is -0.142. The Morgan fingerprint density at radius 3 is 2.29 bits per heavy atom. The lowest BCUT2D eigenvalue weighted by atomic mass is 9.75.